The summed E-state index contributed by atoms with van der Waals surface area (Å²) in [6, 6.07) is 12.3. The average Bonchev–Trinajstić information content (AvgIpc) is 3.30. The van der Waals surface area contributed by atoms with Crippen molar-refractivity contribution < 1.29 is 14.1 Å². The number of non-ortho nitro benzene ring substituents is 1. The van der Waals surface area contributed by atoms with Crippen LogP contribution < -0.4 is 5.32 Å². The maximum Gasteiger partial charge on any atom is 0.270 e. The predicted octanol–water partition coefficient (Wildman–Crippen LogP) is 4.49. The fourth-order valence-corrected chi connectivity index (χ4v) is 3.76. The van der Waals surface area contributed by atoms with Crippen molar-refractivity contribution in [2.45, 2.75) is 6.92 Å². The number of amides is 1. The van der Waals surface area contributed by atoms with Crippen LogP contribution in [0.5, 0.6) is 0 Å². The van der Waals surface area contributed by atoms with Crippen LogP contribution in [0.2, 0.25) is 0 Å². The third-order valence-corrected chi connectivity index (χ3v) is 5.13. The molecule has 0 aliphatic heterocycles. The molecule has 150 valence electrons. The first-order valence-corrected chi connectivity index (χ1v) is 9.58. The third kappa shape index (κ3) is 3.94. The van der Waals surface area contributed by atoms with E-state index in [4.69, 9.17) is 0 Å². The van der Waals surface area contributed by atoms with E-state index >= 15 is 0 Å². The Labute approximate surface area is 173 Å². The highest BCUT2D eigenvalue weighted by molar-refractivity contribution is 7.20. The molecule has 8 nitrogen and oxygen atoms in total. The number of thiazole rings is 1. The molecule has 30 heavy (non-hydrogen) atoms. The fraction of sp³-hybridized carbons (Fsp3) is 0.0500. The summed E-state index contributed by atoms with van der Waals surface area (Å²) in [5.41, 5.74) is 1.35. The average molecular weight is 423 g/mol. The number of anilines is 1. The van der Waals surface area contributed by atoms with E-state index in [0.717, 1.165) is 0 Å². The number of nitro groups is 1. The van der Waals surface area contributed by atoms with Gasteiger partial charge in [0, 0.05) is 24.3 Å². The summed E-state index contributed by atoms with van der Waals surface area (Å²) in [5.74, 6) is -0.500. The quantitative estimate of drug-likeness (QED) is 0.289. The number of nitro benzene ring substituents is 1. The molecule has 0 aliphatic rings. The van der Waals surface area contributed by atoms with Gasteiger partial charge in [0.05, 0.1) is 15.3 Å². The van der Waals surface area contributed by atoms with Gasteiger partial charge < -0.3 is 5.32 Å². The first-order valence-electron chi connectivity index (χ1n) is 8.76. The highest BCUT2D eigenvalue weighted by atomic mass is 32.1. The van der Waals surface area contributed by atoms with Gasteiger partial charge in [0.1, 0.15) is 17.2 Å². The number of carbonyl (C=O) groups excluding carboxylic acids is 1. The van der Waals surface area contributed by atoms with E-state index in [1.807, 2.05) is 0 Å². The van der Waals surface area contributed by atoms with Crippen molar-refractivity contribution in [1.29, 1.82) is 0 Å². The SMILES string of the molecule is Cc1cc(NC(=O)/C=C/c2cccc([N+](=O)[O-])c2)n(-c2nc3c(F)cccc3s2)n1. The third-order valence-electron chi connectivity index (χ3n) is 4.13. The molecule has 0 atom stereocenters. The molecule has 2 aromatic heterocycles. The van der Waals surface area contributed by atoms with E-state index in [1.165, 1.54) is 46.4 Å². The summed E-state index contributed by atoms with van der Waals surface area (Å²) in [6.45, 7) is 1.76. The smallest absolute Gasteiger partial charge is 0.270 e. The van der Waals surface area contributed by atoms with Crippen LogP contribution in [-0.2, 0) is 4.79 Å². The van der Waals surface area contributed by atoms with Gasteiger partial charge in [-0.1, -0.05) is 29.5 Å². The molecule has 0 bridgehead atoms. The molecule has 0 spiro atoms. The minimum atomic E-state index is -0.500. The first-order chi connectivity index (χ1) is 14.4. The van der Waals surface area contributed by atoms with Crippen LogP contribution in [0.4, 0.5) is 15.9 Å². The van der Waals surface area contributed by atoms with Crippen molar-refractivity contribution in [2.24, 2.45) is 0 Å². The molecule has 10 heteroatoms. The van der Waals surface area contributed by atoms with E-state index in [1.54, 1.807) is 37.3 Å². The molecule has 0 aliphatic carbocycles. The largest absolute Gasteiger partial charge is 0.307 e. The van der Waals surface area contributed by atoms with Gasteiger partial charge in [-0.3, -0.25) is 14.9 Å². The van der Waals surface area contributed by atoms with E-state index in [0.29, 0.717) is 26.9 Å². The summed E-state index contributed by atoms with van der Waals surface area (Å²) >= 11 is 1.25. The van der Waals surface area contributed by atoms with Crippen LogP contribution >= 0.6 is 11.3 Å². The zero-order chi connectivity index (χ0) is 21.3. The first kappa shape index (κ1) is 19.4. The Balaban J connectivity index is 1.58. The number of nitrogens with one attached hydrogen (secondary N) is 1. The minimum absolute atomic E-state index is 0.0608. The number of para-hydroxylation sites is 1. The lowest BCUT2D eigenvalue weighted by atomic mass is 10.2. The number of fused-ring (bicyclic) bond motifs is 1. The maximum absolute atomic E-state index is 14.0. The predicted molar refractivity (Wildman–Crippen MR) is 112 cm³/mol. The number of hydrogen-bond acceptors (Lipinski definition) is 6. The van der Waals surface area contributed by atoms with Gasteiger partial charge in [0.2, 0.25) is 11.0 Å². The lowest BCUT2D eigenvalue weighted by Crippen LogP contribution is -2.12. The molecule has 4 aromatic rings. The van der Waals surface area contributed by atoms with Gasteiger partial charge in [0.25, 0.3) is 5.69 Å². The normalized spacial score (nSPS) is 11.3. The van der Waals surface area contributed by atoms with Crippen LogP contribution in [0.1, 0.15) is 11.3 Å². The summed E-state index contributed by atoms with van der Waals surface area (Å²) in [4.78, 5) is 27.0. The number of hydrogen-bond donors (Lipinski definition) is 1. The van der Waals surface area contributed by atoms with Crippen LogP contribution in [0.25, 0.3) is 21.4 Å². The lowest BCUT2D eigenvalue weighted by molar-refractivity contribution is -0.384. The molecule has 1 amide bonds. The second-order valence-corrected chi connectivity index (χ2v) is 7.35. The molecule has 0 radical (unpaired) electrons. The molecule has 0 saturated carbocycles. The Hall–Kier alpha value is -3.92. The Morgan fingerprint density at radius 3 is 2.83 bits per heavy atom. The molecule has 0 saturated heterocycles. The molecular weight excluding hydrogens is 409 g/mol. The van der Waals surface area contributed by atoms with Crippen molar-refractivity contribution >= 4 is 45.0 Å². The number of aromatic nitrogens is 3. The van der Waals surface area contributed by atoms with E-state index in [2.05, 4.69) is 15.4 Å². The lowest BCUT2D eigenvalue weighted by Gasteiger charge is -2.04. The number of rotatable bonds is 5. The molecule has 4 rings (SSSR count). The second-order valence-electron chi connectivity index (χ2n) is 6.34. The standard InChI is InChI=1S/C20H14FN5O3S/c1-12-10-17(22-18(27)9-8-13-4-2-5-14(11-13)26(28)29)25(24-12)20-23-19-15(21)6-3-7-16(19)30-20/h2-11H,1H3,(H,22,27)/b9-8+. The Bertz CT molecular complexity index is 1310. The van der Waals surface area contributed by atoms with Crippen LogP contribution in [0.3, 0.4) is 0 Å². The highest BCUT2D eigenvalue weighted by Crippen LogP contribution is 2.28. The van der Waals surface area contributed by atoms with E-state index in [-0.39, 0.29) is 11.2 Å². The topological polar surface area (TPSA) is 103 Å². The van der Waals surface area contributed by atoms with Crippen molar-refractivity contribution in [2.75, 3.05) is 5.32 Å². The number of halogens is 1. The zero-order valence-electron chi connectivity index (χ0n) is 15.6. The summed E-state index contributed by atoms with van der Waals surface area (Å²) in [7, 11) is 0. The number of benzene rings is 2. The number of nitrogens with zero attached hydrogens (tertiary/aromatic N) is 4. The van der Waals surface area contributed by atoms with Crippen LogP contribution in [-0.4, -0.2) is 25.6 Å². The van der Waals surface area contributed by atoms with Gasteiger partial charge in [-0.25, -0.2) is 9.37 Å². The van der Waals surface area contributed by atoms with E-state index < -0.39 is 16.6 Å². The molecule has 2 heterocycles. The van der Waals surface area contributed by atoms with Gasteiger partial charge >= 0.3 is 0 Å². The fourth-order valence-electron chi connectivity index (χ4n) is 2.81. The molecular formula is C20H14FN5O3S. The van der Waals surface area contributed by atoms with Gasteiger partial charge in [-0.2, -0.15) is 9.78 Å². The summed E-state index contributed by atoms with van der Waals surface area (Å²) < 4.78 is 16.1. The van der Waals surface area contributed by atoms with Crippen molar-refractivity contribution in [3.63, 3.8) is 0 Å². The van der Waals surface area contributed by atoms with Crippen molar-refractivity contribution in [3.05, 3.63) is 81.8 Å². The van der Waals surface area contributed by atoms with Gasteiger partial charge in [-0.15, -0.1) is 0 Å². The van der Waals surface area contributed by atoms with Gasteiger partial charge in [0.15, 0.2) is 0 Å². The molecule has 0 fully saturated rings. The van der Waals surface area contributed by atoms with Crippen molar-refractivity contribution in [3.8, 4) is 5.13 Å². The minimum Gasteiger partial charge on any atom is -0.307 e. The number of aryl methyl sites for hydroxylation is 1. The van der Waals surface area contributed by atoms with Crippen LogP contribution in [0.15, 0.2) is 54.6 Å². The Morgan fingerprint density at radius 2 is 2.07 bits per heavy atom. The van der Waals surface area contributed by atoms with E-state index in [9.17, 15) is 19.3 Å². The second kappa shape index (κ2) is 7.84. The summed E-state index contributed by atoms with van der Waals surface area (Å²) in [6.07, 6.45) is 2.74. The molecule has 2 aromatic carbocycles. The monoisotopic (exact) mass is 423 g/mol. The van der Waals surface area contributed by atoms with Gasteiger partial charge in [-0.05, 0) is 30.7 Å². The highest BCUT2D eigenvalue weighted by Gasteiger charge is 2.15. The summed E-state index contributed by atoms with van der Waals surface area (Å²) in [5, 5.41) is 18.3. The zero-order valence-corrected chi connectivity index (χ0v) is 16.4. The molecule has 0 unspecified atom stereocenters. The van der Waals surface area contributed by atoms with Crippen molar-refractivity contribution in [1.82, 2.24) is 14.8 Å². The Kier molecular flexibility index (Phi) is 5.07. The van der Waals surface area contributed by atoms with Crippen LogP contribution in [0, 0.1) is 22.9 Å². The molecule has 1 N–H and O–H groups in total. The maximum atomic E-state index is 14.0. The number of carbonyl (C=O) groups is 1. The Morgan fingerprint density at radius 1 is 1.27 bits per heavy atom.